The molecule has 0 aromatic carbocycles. The quantitative estimate of drug-likeness (QED) is 0.0283. The van der Waals surface area contributed by atoms with Gasteiger partial charge in [0.1, 0.15) is 6.61 Å². The summed E-state index contributed by atoms with van der Waals surface area (Å²) in [7, 11) is -4.78. The number of hydrogen-bond donors (Lipinski definition) is 2. The second-order valence-corrected chi connectivity index (χ2v) is 14.1. The largest absolute Gasteiger partial charge is 0.469 e. The Morgan fingerprint density at radius 3 is 1.35 bits per heavy atom. The second kappa shape index (κ2) is 39.4. The highest BCUT2D eigenvalue weighted by Gasteiger charge is 2.22. The van der Waals surface area contributed by atoms with E-state index in [-0.39, 0.29) is 19.4 Å². The van der Waals surface area contributed by atoms with Gasteiger partial charge in [0.15, 0.2) is 6.10 Å². The van der Waals surface area contributed by atoms with Gasteiger partial charge in [-0.05, 0) is 96.3 Å². The third kappa shape index (κ3) is 41.5. The molecule has 0 aliphatic rings. The first-order valence-electron chi connectivity index (χ1n) is 20.2. The van der Waals surface area contributed by atoms with Crippen LogP contribution < -0.4 is 0 Å². The topological polar surface area (TPSA) is 119 Å². The van der Waals surface area contributed by atoms with E-state index in [0.29, 0.717) is 19.3 Å². The molecule has 0 bridgehead atoms. The van der Waals surface area contributed by atoms with Gasteiger partial charge in [-0.2, -0.15) is 0 Å². The molecule has 0 radical (unpaired) electrons. The fourth-order valence-electron chi connectivity index (χ4n) is 4.80. The maximum Gasteiger partial charge on any atom is 0.469 e. The highest BCUT2D eigenvalue weighted by atomic mass is 31.2. The van der Waals surface area contributed by atoms with Crippen LogP contribution in [0.2, 0.25) is 0 Å². The van der Waals surface area contributed by atoms with E-state index < -0.39 is 32.5 Å². The Balaban J connectivity index is 4.14. The molecule has 0 aliphatic heterocycles. The summed E-state index contributed by atoms with van der Waals surface area (Å²) >= 11 is 0. The van der Waals surface area contributed by atoms with Crippen molar-refractivity contribution in [1.82, 2.24) is 0 Å². The zero-order valence-electron chi connectivity index (χ0n) is 33.3. The molecule has 0 fully saturated rings. The lowest BCUT2D eigenvalue weighted by Gasteiger charge is -2.18. The highest BCUT2D eigenvalue weighted by Crippen LogP contribution is 2.35. The maximum atomic E-state index is 12.4. The number of esters is 2. The number of carbonyl (C=O) groups is 2. The lowest BCUT2D eigenvalue weighted by atomic mass is 10.1. The van der Waals surface area contributed by atoms with Gasteiger partial charge < -0.3 is 19.3 Å². The number of carbonyl (C=O) groups excluding carboxylic acids is 2. The summed E-state index contributed by atoms with van der Waals surface area (Å²) in [5.74, 6) is -1.00. The van der Waals surface area contributed by atoms with Crippen molar-refractivity contribution in [2.45, 2.75) is 148 Å². The third-order valence-electron chi connectivity index (χ3n) is 7.78. The molecule has 9 heteroatoms. The van der Waals surface area contributed by atoms with Crippen LogP contribution in [0.1, 0.15) is 142 Å². The molecule has 0 unspecified atom stereocenters. The van der Waals surface area contributed by atoms with Crippen molar-refractivity contribution in [3.05, 3.63) is 109 Å². The third-order valence-corrected chi connectivity index (χ3v) is 8.26. The molecular weight excluding hydrogens is 699 g/mol. The van der Waals surface area contributed by atoms with E-state index in [2.05, 4.69) is 116 Å². The van der Waals surface area contributed by atoms with Crippen LogP contribution in [0.3, 0.4) is 0 Å². The van der Waals surface area contributed by atoms with Gasteiger partial charge in [0.05, 0.1) is 6.61 Å². The van der Waals surface area contributed by atoms with Gasteiger partial charge >= 0.3 is 19.8 Å². The van der Waals surface area contributed by atoms with Gasteiger partial charge in [-0.1, -0.05) is 142 Å². The van der Waals surface area contributed by atoms with Gasteiger partial charge in [0.2, 0.25) is 0 Å². The predicted molar refractivity (Wildman–Crippen MR) is 225 cm³/mol. The summed E-state index contributed by atoms with van der Waals surface area (Å²) in [5, 5.41) is 0. The van der Waals surface area contributed by atoms with Crippen LogP contribution in [0.4, 0.5) is 0 Å². The molecule has 0 heterocycles. The Hall–Kier alpha value is -3.29. The van der Waals surface area contributed by atoms with E-state index >= 15 is 0 Å². The molecule has 0 rings (SSSR count). The molecule has 54 heavy (non-hydrogen) atoms. The molecule has 304 valence electrons. The molecule has 0 saturated heterocycles. The average Bonchev–Trinajstić information content (AvgIpc) is 3.14. The second-order valence-electron chi connectivity index (χ2n) is 12.9. The minimum Gasteiger partial charge on any atom is -0.462 e. The first kappa shape index (κ1) is 50.7. The molecule has 0 saturated carbocycles. The zero-order chi connectivity index (χ0) is 39.6. The number of ether oxygens (including phenoxy) is 2. The van der Waals surface area contributed by atoms with Crippen LogP contribution in [0, 0.1) is 0 Å². The Bertz CT molecular complexity index is 1230. The SMILES string of the molecule is CC/C=C\C/C=C\C/C=C\C/C=C\C/C=C\CCCC(=O)O[C@H](COC(=O)CCCCC/C=C\C/C=C\C/C=C\C/C=C\CCCCC)COP(=O)(O)O. The molecule has 8 nitrogen and oxygen atoms in total. The fraction of sp³-hybridized carbons (Fsp3) is 0.556. The van der Waals surface area contributed by atoms with Crippen molar-refractivity contribution in [3.8, 4) is 0 Å². The van der Waals surface area contributed by atoms with Gasteiger partial charge in [-0.25, -0.2) is 4.57 Å². The summed E-state index contributed by atoms with van der Waals surface area (Å²) in [6.07, 6.45) is 55.3. The first-order valence-corrected chi connectivity index (χ1v) is 21.7. The smallest absolute Gasteiger partial charge is 0.462 e. The van der Waals surface area contributed by atoms with Gasteiger partial charge in [0.25, 0.3) is 0 Å². The van der Waals surface area contributed by atoms with Crippen LogP contribution in [-0.2, 0) is 28.2 Å². The van der Waals surface area contributed by atoms with Crippen LogP contribution in [0.5, 0.6) is 0 Å². The number of phosphoric ester groups is 1. The summed E-state index contributed by atoms with van der Waals surface area (Å²) in [4.78, 5) is 42.8. The standard InChI is InChI=1S/C45H71O8P/c1-3-5-7-9-11-13-15-17-19-21-22-24-25-27-29-31-33-35-37-39-44(46)51-41-43(42-52-54(48,49)50)53-45(47)40-38-36-34-32-30-28-26-23-20-18-16-14-12-10-8-6-4-2/h6,8,11-14,17-20,22,24,26-29,32,34,43H,3-5,7,9-10,15-16,21,23,25,30-31,33,35-42H2,1-2H3,(H2,48,49,50)/b8-6-,13-11-,14-12-,19-17-,20-18-,24-22-,28-26-,29-27-,34-32-/t43-/m1/s1. The van der Waals surface area contributed by atoms with Crippen molar-refractivity contribution >= 4 is 19.8 Å². The van der Waals surface area contributed by atoms with Crippen molar-refractivity contribution in [1.29, 1.82) is 0 Å². The normalized spacial score (nSPS) is 13.6. The van der Waals surface area contributed by atoms with E-state index in [1.54, 1.807) is 0 Å². The van der Waals surface area contributed by atoms with Crippen molar-refractivity contribution in [3.63, 3.8) is 0 Å². The molecule has 0 aromatic heterocycles. The maximum absolute atomic E-state index is 12.4. The monoisotopic (exact) mass is 770 g/mol. The molecule has 0 aliphatic carbocycles. The van der Waals surface area contributed by atoms with Crippen molar-refractivity contribution in [2.24, 2.45) is 0 Å². The molecule has 2 N–H and O–H groups in total. The number of hydrogen-bond acceptors (Lipinski definition) is 6. The summed E-state index contributed by atoms with van der Waals surface area (Å²) in [6.45, 7) is 3.45. The number of unbranched alkanes of at least 4 members (excludes halogenated alkanes) is 7. The number of phosphoric acid groups is 1. The van der Waals surface area contributed by atoms with E-state index in [1.807, 2.05) is 12.2 Å². The summed E-state index contributed by atoms with van der Waals surface area (Å²) in [6, 6.07) is 0. The van der Waals surface area contributed by atoms with Crippen LogP contribution in [-0.4, -0.2) is 41.0 Å². The summed E-state index contributed by atoms with van der Waals surface area (Å²) < 4.78 is 26.3. The van der Waals surface area contributed by atoms with Crippen LogP contribution in [0.25, 0.3) is 0 Å². The Kier molecular flexibility index (Phi) is 37.0. The van der Waals surface area contributed by atoms with E-state index in [4.69, 9.17) is 19.3 Å². The van der Waals surface area contributed by atoms with Crippen LogP contribution in [0.15, 0.2) is 109 Å². The van der Waals surface area contributed by atoms with Gasteiger partial charge in [0, 0.05) is 12.8 Å². The Labute approximate surface area is 327 Å². The van der Waals surface area contributed by atoms with Crippen LogP contribution >= 0.6 is 7.82 Å². The Morgan fingerprint density at radius 2 is 0.907 bits per heavy atom. The van der Waals surface area contributed by atoms with E-state index in [1.165, 1.54) is 25.7 Å². The lowest BCUT2D eigenvalue weighted by molar-refractivity contribution is -0.161. The van der Waals surface area contributed by atoms with Gasteiger partial charge in [-0.15, -0.1) is 0 Å². The number of rotatable bonds is 35. The highest BCUT2D eigenvalue weighted by molar-refractivity contribution is 7.46. The molecule has 0 spiro atoms. The summed E-state index contributed by atoms with van der Waals surface area (Å²) in [5.41, 5.74) is 0. The number of allylic oxidation sites excluding steroid dienone is 18. The molecular formula is C45H71O8P. The predicted octanol–water partition coefficient (Wildman–Crippen LogP) is 12.4. The fourth-order valence-corrected chi connectivity index (χ4v) is 5.16. The van der Waals surface area contributed by atoms with Crippen molar-refractivity contribution < 1.29 is 37.9 Å². The minimum absolute atomic E-state index is 0.119. The molecule has 0 amide bonds. The lowest BCUT2D eigenvalue weighted by Crippen LogP contribution is -2.29. The zero-order valence-corrected chi connectivity index (χ0v) is 34.2. The molecule has 0 aromatic rings. The van der Waals surface area contributed by atoms with Gasteiger partial charge in [-0.3, -0.25) is 14.1 Å². The van der Waals surface area contributed by atoms with E-state index in [0.717, 1.165) is 70.6 Å². The van der Waals surface area contributed by atoms with Crippen molar-refractivity contribution in [2.75, 3.05) is 13.2 Å². The minimum atomic E-state index is -4.78. The first-order chi connectivity index (χ1) is 26.3. The average molecular weight is 771 g/mol. The Morgan fingerprint density at radius 1 is 0.500 bits per heavy atom. The van der Waals surface area contributed by atoms with E-state index in [9.17, 15) is 14.2 Å². The molecule has 1 atom stereocenters.